The molecule has 0 unspecified atom stereocenters. The van der Waals surface area contributed by atoms with Gasteiger partial charge in [-0.05, 0) is 87.9 Å². The van der Waals surface area contributed by atoms with E-state index in [1.165, 1.54) is 11.1 Å². The van der Waals surface area contributed by atoms with Gasteiger partial charge in [0.2, 0.25) is 0 Å². The van der Waals surface area contributed by atoms with Crippen LogP contribution in [0.3, 0.4) is 0 Å². The fourth-order valence-electron chi connectivity index (χ4n) is 3.90. The van der Waals surface area contributed by atoms with Crippen molar-refractivity contribution in [1.29, 1.82) is 5.26 Å². The first-order valence-corrected chi connectivity index (χ1v) is 12.3. The molecule has 158 valence electrons. The Morgan fingerprint density at radius 1 is 1.19 bits per heavy atom. The molecule has 1 aromatic heterocycles. The fraction of sp³-hybridized carbons (Fsp3) is 0.304. The topological polar surface area (TPSA) is 80.3 Å². The number of nitrogens with zero attached hydrogens (tertiary/aromatic N) is 4. The van der Waals surface area contributed by atoms with Crippen LogP contribution in [0.4, 0.5) is 0 Å². The summed E-state index contributed by atoms with van der Waals surface area (Å²) < 4.78 is 8.77. The Morgan fingerprint density at radius 3 is 2.61 bits per heavy atom. The minimum atomic E-state index is -0.138. The van der Waals surface area contributed by atoms with Crippen LogP contribution in [0.15, 0.2) is 46.3 Å². The number of para-hydroxylation sites is 1. The highest BCUT2D eigenvalue weighted by atomic mass is 127. The van der Waals surface area contributed by atoms with Crippen molar-refractivity contribution in [1.82, 2.24) is 9.66 Å². The minimum absolute atomic E-state index is 0.00232. The van der Waals surface area contributed by atoms with Gasteiger partial charge < -0.3 is 4.74 Å². The van der Waals surface area contributed by atoms with Crippen LogP contribution in [0, 0.1) is 18.5 Å². The van der Waals surface area contributed by atoms with Gasteiger partial charge in [0.15, 0.2) is 6.61 Å². The first kappa shape index (κ1) is 22.2. The summed E-state index contributed by atoms with van der Waals surface area (Å²) >= 11 is 4.37. The summed E-state index contributed by atoms with van der Waals surface area (Å²) in [5.41, 5.74) is 1.44. The molecule has 6 nitrogen and oxygen atoms in total. The number of ether oxygens (including phenoxy) is 1. The summed E-state index contributed by atoms with van der Waals surface area (Å²) in [7, 11) is 0. The van der Waals surface area contributed by atoms with Gasteiger partial charge in [0.05, 0.1) is 24.3 Å². The lowest BCUT2D eigenvalue weighted by Gasteiger charge is -2.22. The van der Waals surface area contributed by atoms with Crippen LogP contribution in [-0.4, -0.2) is 22.5 Å². The van der Waals surface area contributed by atoms with Crippen molar-refractivity contribution in [2.24, 2.45) is 5.10 Å². The van der Waals surface area contributed by atoms with Gasteiger partial charge in [-0.3, -0.25) is 4.79 Å². The quantitative estimate of drug-likeness (QED) is 0.276. The van der Waals surface area contributed by atoms with Crippen molar-refractivity contribution in [3.8, 4) is 11.8 Å². The van der Waals surface area contributed by atoms with Crippen molar-refractivity contribution < 1.29 is 4.74 Å². The molecule has 8 heteroatoms. The Hall–Kier alpha value is -2.00. The smallest absolute Gasteiger partial charge is 0.282 e. The van der Waals surface area contributed by atoms with Crippen molar-refractivity contribution >= 4 is 62.3 Å². The molecule has 0 atom stereocenters. The molecule has 0 aliphatic heterocycles. The van der Waals surface area contributed by atoms with Gasteiger partial charge in [-0.15, -0.1) is 0 Å². The standard InChI is InChI=1S/C23H20I2N4O2/c24-18-12-15(13-19(25)21(18)31-11-10-26)14-27-29-22(16-6-2-1-3-7-16)28-20-9-5-4-8-17(20)23(29)30/h4-5,8-9,12-14,16H,1-3,6-7,11H2. The number of rotatable bonds is 5. The second-order valence-electron chi connectivity index (χ2n) is 7.44. The number of nitriles is 1. The Kier molecular flexibility index (Phi) is 7.22. The molecule has 0 amide bonds. The summed E-state index contributed by atoms with van der Waals surface area (Å²) in [5.74, 6) is 1.68. The van der Waals surface area contributed by atoms with Crippen LogP contribution in [0.5, 0.6) is 5.75 Å². The van der Waals surface area contributed by atoms with E-state index in [0.29, 0.717) is 11.1 Å². The average molecular weight is 638 g/mol. The van der Waals surface area contributed by atoms with Crippen molar-refractivity contribution in [2.45, 2.75) is 38.0 Å². The number of hydrogen-bond donors (Lipinski definition) is 0. The average Bonchev–Trinajstić information content (AvgIpc) is 2.78. The van der Waals surface area contributed by atoms with E-state index in [1.54, 1.807) is 12.3 Å². The lowest BCUT2D eigenvalue weighted by atomic mass is 9.88. The van der Waals surface area contributed by atoms with Crippen molar-refractivity contribution in [2.75, 3.05) is 6.61 Å². The molecule has 0 saturated heterocycles. The zero-order chi connectivity index (χ0) is 21.8. The highest BCUT2D eigenvalue weighted by Crippen LogP contribution is 2.32. The minimum Gasteiger partial charge on any atom is -0.477 e. The number of fused-ring (bicyclic) bond motifs is 1. The van der Waals surface area contributed by atoms with Gasteiger partial charge in [0.1, 0.15) is 17.6 Å². The number of benzene rings is 2. The maximum absolute atomic E-state index is 13.3. The molecule has 1 aliphatic carbocycles. The van der Waals surface area contributed by atoms with E-state index in [2.05, 4.69) is 50.3 Å². The third-order valence-corrected chi connectivity index (χ3v) is 6.98. The van der Waals surface area contributed by atoms with E-state index in [9.17, 15) is 4.79 Å². The Labute approximate surface area is 207 Å². The Bertz CT molecular complexity index is 1220. The summed E-state index contributed by atoms with van der Waals surface area (Å²) in [6.45, 7) is 0.00232. The van der Waals surface area contributed by atoms with Gasteiger partial charge in [-0.25, -0.2) is 4.98 Å². The summed E-state index contributed by atoms with van der Waals surface area (Å²) in [5, 5.41) is 13.9. The lowest BCUT2D eigenvalue weighted by molar-refractivity contribution is 0.363. The zero-order valence-electron chi connectivity index (χ0n) is 16.7. The van der Waals surface area contributed by atoms with Crippen LogP contribution >= 0.6 is 45.2 Å². The van der Waals surface area contributed by atoms with Gasteiger partial charge in [0, 0.05) is 5.92 Å². The first-order chi connectivity index (χ1) is 15.1. The SMILES string of the molecule is N#CCOc1c(I)cc(C=Nn2c(C3CCCCC3)nc3ccccc3c2=O)cc1I. The highest BCUT2D eigenvalue weighted by Gasteiger charge is 2.22. The number of halogens is 2. The lowest BCUT2D eigenvalue weighted by Crippen LogP contribution is -2.25. The molecule has 1 saturated carbocycles. The second-order valence-corrected chi connectivity index (χ2v) is 9.77. The first-order valence-electron chi connectivity index (χ1n) is 10.1. The summed E-state index contributed by atoms with van der Waals surface area (Å²) in [4.78, 5) is 18.1. The fourth-order valence-corrected chi connectivity index (χ4v) is 6.03. The van der Waals surface area contributed by atoms with Crippen LogP contribution in [0.25, 0.3) is 10.9 Å². The van der Waals surface area contributed by atoms with E-state index in [4.69, 9.17) is 15.0 Å². The third kappa shape index (κ3) is 4.92. The highest BCUT2D eigenvalue weighted by molar-refractivity contribution is 14.1. The van der Waals surface area contributed by atoms with E-state index in [0.717, 1.165) is 49.7 Å². The molecule has 0 spiro atoms. The largest absolute Gasteiger partial charge is 0.477 e. The molecular formula is C23H20I2N4O2. The van der Waals surface area contributed by atoms with Crippen molar-refractivity contribution in [3.63, 3.8) is 0 Å². The molecule has 0 radical (unpaired) electrons. The third-order valence-electron chi connectivity index (χ3n) is 5.37. The maximum atomic E-state index is 13.3. The van der Waals surface area contributed by atoms with Gasteiger partial charge in [0.25, 0.3) is 5.56 Å². The monoisotopic (exact) mass is 638 g/mol. The number of aromatic nitrogens is 2. The predicted molar refractivity (Wildman–Crippen MR) is 138 cm³/mol. The summed E-state index contributed by atoms with van der Waals surface area (Å²) in [6.07, 6.45) is 7.29. The van der Waals surface area contributed by atoms with Gasteiger partial charge >= 0.3 is 0 Å². The van der Waals surface area contributed by atoms with Gasteiger partial charge in [-0.2, -0.15) is 15.0 Å². The normalized spacial score (nSPS) is 14.7. The van der Waals surface area contributed by atoms with Crippen LogP contribution in [0.2, 0.25) is 0 Å². The van der Waals surface area contributed by atoms with Crippen molar-refractivity contribution in [3.05, 3.63) is 65.3 Å². The Morgan fingerprint density at radius 2 is 1.90 bits per heavy atom. The Balaban J connectivity index is 1.77. The molecule has 1 fully saturated rings. The molecule has 0 N–H and O–H groups in total. The molecule has 1 heterocycles. The van der Waals surface area contributed by atoms with Crippen LogP contribution < -0.4 is 10.3 Å². The van der Waals surface area contributed by atoms with Gasteiger partial charge in [-0.1, -0.05) is 31.4 Å². The molecule has 3 aromatic rings. The molecule has 4 rings (SSSR count). The van der Waals surface area contributed by atoms with Crippen LogP contribution in [0.1, 0.15) is 49.4 Å². The molecular weight excluding hydrogens is 618 g/mol. The molecule has 31 heavy (non-hydrogen) atoms. The zero-order valence-corrected chi connectivity index (χ0v) is 21.0. The second kappa shape index (κ2) is 10.1. The molecule has 1 aliphatic rings. The summed E-state index contributed by atoms with van der Waals surface area (Å²) in [6, 6.07) is 13.3. The number of hydrogen-bond acceptors (Lipinski definition) is 5. The van der Waals surface area contributed by atoms with E-state index in [-0.39, 0.29) is 18.1 Å². The molecule has 2 aromatic carbocycles. The molecule has 0 bridgehead atoms. The van der Waals surface area contributed by atoms with E-state index in [1.807, 2.05) is 36.4 Å². The predicted octanol–water partition coefficient (Wildman–Crippen LogP) is 5.44. The van der Waals surface area contributed by atoms with E-state index < -0.39 is 0 Å². The van der Waals surface area contributed by atoms with Crippen LogP contribution in [-0.2, 0) is 0 Å². The van der Waals surface area contributed by atoms with E-state index >= 15 is 0 Å². The maximum Gasteiger partial charge on any atom is 0.282 e.